The van der Waals surface area contributed by atoms with Crippen LogP contribution in [-0.2, 0) is 4.79 Å². The maximum atomic E-state index is 12.5. The molecule has 0 atom stereocenters. The summed E-state index contributed by atoms with van der Waals surface area (Å²) in [6.07, 6.45) is 0. The van der Waals surface area contributed by atoms with Crippen LogP contribution in [0.5, 0.6) is 5.75 Å². The van der Waals surface area contributed by atoms with Crippen LogP contribution < -0.4 is 15.0 Å². The first-order valence-electron chi connectivity index (χ1n) is 10.3. The number of nitrogens with zero attached hydrogens (tertiary/aromatic N) is 5. The summed E-state index contributed by atoms with van der Waals surface area (Å²) < 4.78 is 5.64. The highest BCUT2D eigenvalue weighted by Gasteiger charge is 2.22. The largest absolute Gasteiger partial charge is 0.484 e. The van der Waals surface area contributed by atoms with E-state index in [0.29, 0.717) is 32.0 Å². The molecule has 1 saturated heterocycles. The van der Waals surface area contributed by atoms with E-state index in [2.05, 4.69) is 25.4 Å². The zero-order valence-corrected chi connectivity index (χ0v) is 17.8. The molecule has 2 aromatic heterocycles. The molecule has 0 saturated carbocycles. The number of carbonyl (C=O) groups excluding carboxylic acids is 1. The number of benzene rings is 1. The molecule has 8 nitrogen and oxygen atoms in total. The van der Waals surface area contributed by atoms with Gasteiger partial charge in [-0.3, -0.25) is 4.79 Å². The summed E-state index contributed by atoms with van der Waals surface area (Å²) in [5.74, 6) is 2.89. The first kappa shape index (κ1) is 20.6. The molecular weight excluding hydrogens is 392 g/mol. The maximum Gasteiger partial charge on any atom is 0.260 e. The molecule has 3 aromatic rings. The van der Waals surface area contributed by atoms with Gasteiger partial charge in [0.25, 0.3) is 5.91 Å². The van der Waals surface area contributed by atoms with Gasteiger partial charge in [0.2, 0.25) is 0 Å². The Balaban J connectivity index is 1.26. The minimum absolute atomic E-state index is 0.00237. The van der Waals surface area contributed by atoms with Gasteiger partial charge in [-0.2, -0.15) is 0 Å². The van der Waals surface area contributed by atoms with Gasteiger partial charge in [0.05, 0.1) is 0 Å². The van der Waals surface area contributed by atoms with E-state index >= 15 is 0 Å². The van der Waals surface area contributed by atoms with E-state index in [9.17, 15) is 4.79 Å². The molecule has 8 heteroatoms. The van der Waals surface area contributed by atoms with Crippen LogP contribution in [0.1, 0.15) is 11.3 Å². The number of carbonyl (C=O) groups is 1. The number of aromatic nitrogens is 3. The molecule has 1 fully saturated rings. The van der Waals surface area contributed by atoms with Crippen LogP contribution in [0.15, 0.2) is 54.6 Å². The van der Waals surface area contributed by atoms with Gasteiger partial charge < -0.3 is 19.9 Å². The molecule has 0 aliphatic carbocycles. The minimum Gasteiger partial charge on any atom is -0.484 e. The lowest BCUT2D eigenvalue weighted by Crippen LogP contribution is -2.50. The lowest BCUT2D eigenvalue weighted by molar-refractivity contribution is -0.133. The Morgan fingerprint density at radius 3 is 2.48 bits per heavy atom. The van der Waals surface area contributed by atoms with Gasteiger partial charge in [0.1, 0.15) is 11.6 Å². The van der Waals surface area contributed by atoms with E-state index in [0.717, 1.165) is 28.6 Å². The molecule has 1 aromatic carbocycles. The van der Waals surface area contributed by atoms with E-state index in [1.165, 1.54) is 0 Å². The van der Waals surface area contributed by atoms with Gasteiger partial charge in [0, 0.05) is 31.9 Å². The van der Waals surface area contributed by atoms with Crippen LogP contribution in [0.3, 0.4) is 0 Å². The second-order valence-corrected chi connectivity index (χ2v) is 7.54. The van der Waals surface area contributed by atoms with Gasteiger partial charge in [-0.15, -0.1) is 10.2 Å². The van der Waals surface area contributed by atoms with Crippen molar-refractivity contribution in [3.63, 3.8) is 0 Å². The maximum absolute atomic E-state index is 12.5. The zero-order valence-electron chi connectivity index (χ0n) is 17.8. The predicted octanol–water partition coefficient (Wildman–Crippen LogP) is 2.96. The number of hydrogen-bond donors (Lipinski definition) is 1. The van der Waals surface area contributed by atoms with Crippen LogP contribution >= 0.6 is 0 Å². The smallest absolute Gasteiger partial charge is 0.260 e. The van der Waals surface area contributed by atoms with Gasteiger partial charge in [0.15, 0.2) is 18.2 Å². The van der Waals surface area contributed by atoms with Crippen molar-refractivity contribution in [1.82, 2.24) is 20.1 Å². The van der Waals surface area contributed by atoms with Crippen molar-refractivity contribution in [1.29, 1.82) is 0 Å². The molecule has 0 spiro atoms. The predicted molar refractivity (Wildman–Crippen MR) is 120 cm³/mol. The third-order valence-electron chi connectivity index (χ3n) is 5.10. The number of piperazine rings is 1. The van der Waals surface area contributed by atoms with Gasteiger partial charge >= 0.3 is 0 Å². The molecule has 1 N–H and O–H groups in total. The Kier molecular flexibility index (Phi) is 6.26. The zero-order chi connectivity index (χ0) is 21.6. The fourth-order valence-electron chi connectivity index (χ4n) is 3.43. The van der Waals surface area contributed by atoms with E-state index in [1.54, 1.807) is 0 Å². The van der Waals surface area contributed by atoms with E-state index in [4.69, 9.17) is 4.74 Å². The molecule has 0 bridgehead atoms. The third kappa shape index (κ3) is 5.48. The molecule has 1 amide bonds. The molecule has 160 valence electrons. The molecule has 3 heterocycles. The molecule has 1 aliphatic rings. The van der Waals surface area contributed by atoms with Gasteiger partial charge in [-0.1, -0.05) is 18.2 Å². The van der Waals surface area contributed by atoms with Crippen molar-refractivity contribution < 1.29 is 9.53 Å². The second-order valence-electron chi connectivity index (χ2n) is 7.54. The average molecular weight is 419 g/mol. The fraction of sp³-hybridized carbons (Fsp3) is 0.304. The summed E-state index contributed by atoms with van der Waals surface area (Å²) in [5.41, 5.74) is 2.04. The molecule has 1 aliphatic heterocycles. The molecule has 4 rings (SSSR count). The second kappa shape index (κ2) is 9.42. The van der Waals surface area contributed by atoms with Crippen LogP contribution in [0, 0.1) is 13.8 Å². The van der Waals surface area contributed by atoms with Crippen molar-refractivity contribution >= 4 is 23.4 Å². The highest BCUT2D eigenvalue weighted by atomic mass is 16.5. The van der Waals surface area contributed by atoms with Gasteiger partial charge in [-0.05, 0) is 55.8 Å². The van der Waals surface area contributed by atoms with Crippen LogP contribution in [0.25, 0.3) is 0 Å². The number of ether oxygens (including phenoxy) is 1. The molecule has 0 radical (unpaired) electrons. The van der Waals surface area contributed by atoms with Crippen molar-refractivity contribution in [3.8, 4) is 5.75 Å². The first-order chi connectivity index (χ1) is 15.1. The number of aryl methyl sites for hydroxylation is 2. The van der Waals surface area contributed by atoms with Crippen LogP contribution in [0.2, 0.25) is 0 Å². The Morgan fingerprint density at radius 1 is 0.968 bits per heavy atom. The van der Waals surface area contributed by atoms with Gasteiger partial charge in [-0.25, -0.2) is 4.98 Å². The summed E-state index contributed by atoms with van der Waals surface area (Å²) in [7, 11) is 0. The average Bonchev–Trinajstić information content (AvgIpc) is 2.78. The third-order valence-corrected chi connectivity index (χ3v) is 5.10. The molecule has 0 unspecified atom stereocenters. The number of amides is 1. The highest BCUT2D eigenvalue weighted by molar-refractivity contribution is 5.78. The number of hydrogen-bond acceptors (Lipinski definition) is 7. The lowest BCUT2D eigenvalue weighted by atomic mass is 10.2. The van der Waals surface area contributed by atoms with E-state index < -0.39 is 0 Å². The van der Waals surface area contributed by atoms with Crippen LogP contribution in [-0.4, -0.2) is 58.8 Å². The SMILES string of the molecule is Cc1cccc(OCC(=O)N2CCN(c3ccc(Nc4cccc(C)n4)nn3)CC2)c1. The Labute approximate surface area is 181 Å². The summed E-state index contributed by atoms with van der Waals surface area (Å²) in [6.45, 7) is 6.67. The van der Waals surface area contributed by atoms with E-state index in [1.807, 2.05) is 73.3 Å². The Bertz CT molecular complexity index is 1030. The van der Waals surface area contributed by atoms with Crippen LogP contribution in [0.4, 0.5) is 17.5 Å². The summed E-state index contributed by atoms with van der Waals surface area (Å²) in [6, 6.07) is 17.3. The highest BCUT2D eigenvalue weighted by Crippen LogP contribution is 2.17. The first-order valence-corrected chi connectivity index (χ1v) is 10.3. The lowest BCUT2D eigenvalue weighted by Gasteiger charge is -2.35. The number of nitrogens with one attached hydrogen (secondary N) is 1. The normalized spacial score (nSPS) is 13.7. The molecular formula is C23H26N6O2. The minimum atomic E-state index is -0.00237. The van der Waals surface area contributed by atoms with Crippen molar-refractivity contribution in [3.05, 3.63) is 65.9 Å². The Hall–Kier alpha value is -3.68. The monoisotopic (exact) mass is 418 g/mol. The van der Waals surface area contributed by atoms with Crippen molar-refractivity contribution in [2.24, 2.45) is 0 Å². The van der Waals surface area contributed by atoms with E-state index in [-0.39, 0.29) is 12.5 Å². The fourth-order valence-corrected chi connectivity index (χ4v) is 3.43. The molecule has 31 heavy (non-hydrogen) atoms. The summed E-state index contributed by atoms with van der Waals surface area (Å²) >= 11 is 0. The standard InChI is InChI=1S/C23H26N6O2/c1-17-5-3-7-19(15-17)31-16-23(30)29-13-11-28(12-14-29)22-10-9-21(26-27-22)25-20-8-4-6-18(2)24-20/h3-10,15H,11-14,16H2,1-2H3,(H,24,25,26). The number of rotatable bonds is 6. The number of pyridine rings is 1. The van der Waals surface area contributed by atoms with Crippen molar-refractivity contribution in [2.75, 3.05) is 43.0 Å². The van der Waals surface area contributed by atoms with Crippen molar-refractivity contribution in [2.45, 2.75) is 13.8 Å². The number of anilines is 3. The Morgan fingerprint density at radius 2 is 1.77 bits per heavy atom. The quantitative estimate of drug-likeness (QED) is 0.659. The topological polar surface area (TPSA) is 83.5 Å². The summed E-state index contributed by atoms with van der Waals surface area (Å²) in [4.78, 5) is 20.9. The summed E-state index contributed by atoms with van der Waals surface area (Å²) in [5, 5.41) is 11.8.